The number of aromatic nitrogens is 1. The van der Waals surface area contributed by atoms with Crippen molar-refractivity contribution in [3.05, 3.63) is 53.6 Å². The highest BCUT2D eigenvalue weighted by Gasteiger charge is 2.18. The molecule has 1 heterocycles. The second kappa shape index (κ2) is 6.82. The SMILES string of the molecule is CC(=O)CC(=O)c1cc(NC(=O)c2ccccc2)cc2sc(N)nc12. The van der Waals surface area contributed by atoms with E-state index in [4.69, 9.17) is 5.73 Å². The topological polar surface area (TPSA) is 102 Å². The van der Waals surface area contributed by atoms with Gasteiger partial charge in [-0.25, -0.2) is 4.98 Å². The van der Waals surface area contributed by atoms with Gasteiger partial charge >= 0.3 is 0 Å². The van der Waals surface area contributed by atoms with Crippen molar-refractivity contribution in [1.29, 1.82) is 0 Å². The van der Waals surface area contributed by atoms with Crippen molar-refractivity contribution in [3.63, 3.8) is 0 Å². The molecule has 0 spiro atoms. The molecule has 25 heavy (non-hydrogen) atoms. The number of carbonyl (C=O) groups excluding carboxylic acids is 3. The van der Waals surface area contributed by atoms with E-state index in [1.807, 2.05) is 6.07 Å². The molecule has 7 heteroatoms. The molecule has 6 nitrogen and oxygen atoms in total. The second-order valence-electron chi connectivity index (χ2n) is 5.54. The summed E-state index contributed by atoms with van der Waals surface area (Å²) >= 11 is 1.22. The molecular formula is C18H15N3O3S. The fraction of sp³-hybridized carbons (Fsp3) is 0.111. The third-order valence-electron chi connectivity index (χ3n) is 3.52. The lowest BCUT2D eigenvalue weighted by atomic mass is 10.0. The van der Waals surface area contributed by atoms with Crippen LogP contribution in [0.1, 0.15) is 34.1 Å². The van der Waals surface area contributed by atoms with Gasteiger partial charge in [0.25, 0.3) is 5.91 Å². The molecule has 0 saturated carbocycles. The number of amides is 1. The lowest BCUT2D eigenvalue weighted by Crippen LogP contribution is -2.13. The third kappa shape index (κ3) is 3.72. The zero-order chi connectivity index (χ0) is 18.0. The Morgan fingerprint density at radius 3 is 2.56 bits per heavy atom. The molecule has 3 aromatic rings. The summed E-state index contributed by atoms with van der Waals surface area (Å²) in [5, 5.41) is 3.09. The van der Waals surface area contributed by atoms with Gasteiger partial charge in [0.05, 0.1) is 16.6 Å². The van der Waals surface area contributed by atoms with Crippen LogP contribution in [0.3, 0.4) is 0 Å². The number of benzene rings is 2. The molecular weight excluding hydrogens is 338 g/mol. The van der Waals surface area contributed by atoms with Crippen LogP contribution in [-0.4, -0.2) is 22.5 Å². The van der Waals surface area contributed by atoms with Gasteiger partial charge in [-0.3, -0.25) is 14.4 Å². The van der Waals surface area contributed by atoms with E-state index < -0.39 is 0 Å². The van der Waals surface area contributed by atoms with Gasteiger partial charge in [-0.15, -0.1) is 0 Å². The maximum atomic E-state index is 12.4. The summed E-state index contributed by atoms with van der Waals surface area (Å²) in [4.78, 5) is 40.2. The number of nitrogen functional groups attached to an aromatic ring is 1. The summed E-state index contributed by atoms with van der Waals surface area (Å²) in [6.07, 6.45) is -0.220. The number of hydrogen-bond donors (Lipinski definition) is 2. The first kappa shape index (κ1) is 16.8. The Balaban J connectivity index is 2.00. The number of nitrogens with two attached hydrogens (primary N) is 1. The molecule has 0 atom stereocenters. The molecule has 0 radical (unpaired) electrons. The van der Waals surface area contributed by atoms with Crippen LogP contribution >= 0.6 is 11.3 Å². The predicted octanol–water partition coefficient (Wildman–Crippen LogP) is 3.29. The number of carbonyl (C=O) groups is 3. The average molecular weight is 353 g/mol. The van der Waals surface area contributed by atoms with Crippen molar-refractivity contribution >= 4 is 49.8 Å². The Bertz CT molecular complexity index is 980. The zero-order valence-electron chi connectivity index (χ0n) is 13.4. The average Bonchev–Trinajstić information content (AvgIpc) is 2.94. The molecule has 3 N–H and O–H groups in total. The molecule has 0 saturated heterocycles. The van der Waals surface area contributed by atoms with Crippen LogP contribution in [0, 0.1) is 0 Å². The third-order valence-corrected chi connectivity index (χ3v) is 4.35. The van der Waals surface area contributed by atoms with E-state index in [9.17, 15) is 14.4 Å². The number of anilines is 2. The van der Waals surface area contributed by atoms with Gasteiger partial charge in [-0.05, 0) is 31.2 Å². The Labute approximate surface area is 147 Å². The Morgan fingerprint density at radius 1 is 1.16 bits per heavy atom. The summed E-state index contributed by atoms with van der Waals surface area (Å²) < 4.78 is 0.676. The lowest BCUT2D eigenvalue weighted by molar-refractivity contribution is -0.116. The fourth-order valence-corrected chi connectivity index (χ4v) is 3.25. The minimum atomic E-state index is -0.349. The predicted molar refractivity (Wildman–Crippen MR) is 98.1 cm³/mol. The minimum Gasteiger partial charge on any atom is -0.375 e. The fourth-order valence-electron chi connectivity index (χ4n) is 2.45. The van der Waals surface area contributed by atoms with Crippen molar-refractivity contribution in [2.45, 2.75) is 13.3 Å². The van der Waals surface area contributed by atoms with Crippen LogP contribution in [0.2, 0.25) is 0 Å². The van der Waals surface area contributed by atoms with E-state index in [-0.39, 0.29) is 29.5 Å². The van der Waals surface area contributed by atoms with Crippen molar-refractivity contribution < 1.29 is 14.4 Å². The summed E-state index contributed by atoms with van der Waals surface area (Å²) in [5.41, 5.74) is 7.44. The molecule has 126 valence electrons. The van der Waals surface area contributed by atoms with Crippen LogP contribution in [0.4, 0.5) is 10.8 Å². The van der Waals surface area contributed by atoms with E-state index >= 15 is 0 Å². The van der Waals surface area contributed by atoms with E-state index in [1.54, 1.807) is 30.3 Å². The van der Waals surface area contributed by atoms with E-state index in [0.29, 0.717) is 26.6 Å². The van der Waals surface area contributed by atoms with Gasteiger partial charge in [-0.1, -0.05) is 29.5 Å². The lowest BCUT2D eigenvalue weighted by Gasteiger charge is -2.08. The van der Waals surface area contributed by atoms with Crippen molar-refractivity contribution in [3.8, 4) is 0 Å². The standard InChI is InChI=1S/C18H15N3O3S/c1-10(22)7-14(23)13-8-12(9-15-16(13)21-18(19)25-15)20-17(24)11-5-3-2-4-6-11/h2-6,8-9H,7H2,1H3,(H2,19,21)(H,20,24). The smallest absolute Gasteiger partial charge is 0.255 e. The molecule has 0 aliphatic carbocycles. The van der Waals surface area contributed by atoms with Gasteiger partial charge in [0.2, 0.25) is 0 Å². The van der Waals surface area contributed by atoms with Crippen molar-refractivity contribution in [2.75, 3.05) is 11.1 Å². The van der Waals surface area contributed by atoms with Crippen molar-refractivity contribution in [2.24, 2.45) is 0 Å². The number of fused-ring (bicyclic) bond motifs is 1. The summed E-state index contributed by atoms with van der Waals surface area (Å²) in [6.45, 7) is 1.35. The first-order chi connectivity index (χ1) is 11.9. The zero-order valence-corrected chi connectivity index (χ0v) is 14.2. The molecule has 0 aliphatic rings. The number of thiazole rings is 1. The van der Waals surface area contributed by atoms with Crippen LogP contribution in [0.5, 0.6) is 0 Å². The number of hydrogen-bond acceptors (Lipinski definition) is 6. The molecule has 0 aliphatic heterocycles. The van der Waals surface area contributed by atoms with Gasteiger partial charge in [0, 0.05) is 16.8 Å². The molecule has 1 amide bonds. The number of nitrogens with one attached hydrogen (secondary N) is 1. The van der Waals surface area contributed by atoms with Gasteiger partial charge < -0.3 is 11.1 Å². The van der Waals surface area contributed by atoms with Crippen LogP contribution in [0.15, 0.2) is 42.5 Å². The highest BCUT2D eigenvalue weighted by molar-refractivity contribution is 7.22. The number of Topliss-reactive ketones (excluding diaryl/α,β-unsaturated/α-hetero) is 2. The summed E-state index contributed by atoms with van der Waals surface area (Å²) in [6, 6.07) is 12.0. The number of rotatable bonds is 5. The van der Waals surface area contributed by atoms with Crippen LogP contribution in [0.25, 0.3) is 10.2 Å². The van der Waals surface area contributed by atoms with E-state index in [2.05, 4.69) is 10.3 Å². The Kier molecular flexibility index (Phi) is 4.58. The summed E-state index contributed by atoms with van der Waals surface area (Å²) in [5.74, 6) is -0.874. The van der Waals surface area contributed by atoms with E-state index in [1.165, 1.54) is 24.3 Å². The highest BCUT2D eigenvalue weighted by Crippen LogP contribution is 2.31. The second-order valence-corrected chi connectivity index (χ2v) is 6.61. The molecule has 0 unspecified atom stereocenters. The maximum absolute atomic E-state index is 12.4. The largest absolute Gasteiger partial charge is 0.375 e. The molecule has 0 fully saturated rings. The Hall–Kier alpha value is -3.06. The first-order valence-electron chi connectivity index (χ1n) is 7.53. The number of nitrogens with zero attached hydrogens (tertiary/aromatic N) is 1. The van der Waals surface area contributed by atoms with Crippen LogP contribution < -0.4 is 11.1 Å². The Morgan fingerprint density at radius 2 is 1.88 bits per heavy atom. The first-order valence-corrected chi connectivity index (χ1v) is 8.35. The minimum absolute atomic E-state index is 0.220. The van der Waals surface area contributed by atoms with Crippen molar-refractivity contribution in [1.82, 2.24) is 4.98 Å². The normalized spacial score (nSPS) is 10.6. The van der Waals surface area contributed by atoms with Gasteiger partial charge in [0.1, 0.15) is 5.78 Å². The quantitative estimate of drug-likeness (QED) is 0.541. The van der Waals surface area contributed by atoms with Gasteiger partial charge in [-0.2, -0.15) is 0 Å². The molecule has 3 rings (SSSR count). The monoisotopic (exact) mass is 353 g/mol. The highest BCUT2D eigenvalue weighted by atomic mass is 32.1. The van der Waals surface area contributed by atoms with Gasteiger partial charge in [0.15, 0.2) is 10.9 Å². The summed E-state index contributed by atoms with van der Waals surface area (Å²) in [7, 11) is 0. The maximum Gasteiger partial charge on any atom is 0.255 e. The number of ketones is 2. The van der Waals surface area contributed by atoms with E-state index in [0.717, 1.165) is 0 Å². The molecule has 2 aromatic carbocycles. The van der Waals surface area contributed by atoms with Crippen LogP contribution in [-0.2, 0) is 4.79 Å². The molecule has 1 aromatic heterocycles. The molecule has 0 bridgehead atoms.